The summed E-state index contributed by atoms with van der Waals surface area (Å²) in [5.74, 6) is 0.257. The zero-order valence-corrected chi connectivity index (χ0v) is 6.31. The van der Waals surface area contributed by atoms with Crippen LogP contribution >= 0.6 is 0 Å². The van der Waals surface area contributed by atoms with Gasteiger partial charge in [-0.05, 0) is 25.2 Å². The van der Waals surface area contributed by atoms with E-state index in [1.54, 1.807) is 0 Å². The summed E-state index contributed by atoms with van der Waals surface area (Å²) in [7, 11) is 0. The van der Waals surface area contributed by atoms with Gasteiger partial charge in [0.25, 0.3) is 0 Å². The van der Waals surface area contributed by atoms with Crippen LogP contribution in [-0.4, -0.2) is 11.9 Å². The van der Waals surface area contributed by atoms with Crippen LogP contribution in [0.1, 0.15) is 32.6 Å². The minimum absolute atomic E-state index is 0.257. The second-order valence-corrected chi connectivity index (χ2v) is 3.68. The van der Waals surface area contributed by atoms with Gasteiger partial charge in [0.15, 0.2) is 0 Å². The van der Waals surface area contributed by atoms with Gasteiger partial charge in [-0.2, -0.15) is 0 Å². The summed E-state index contributed by atoms with van der Waals surface area (Å²) in [6.07, 6.45) is 4.62. The fraction of sp³-hybridized carbons (Fsp3) is 0.875. The average Bonchev–Trinajstić information content (AvgIpc) is 2.04. The third kappa shape index (κ3) is 0.619. The lowest BCUT2D eigenvalue weighted by Gasteiger charge is -2.40. The van der Waals surface area contributed by atoms with E-state index in [1.807, 2.05) is 0 Å². The molecule has 1 atom stereocenters. The van der Waals surface area contributed by atoms with Crippen LogP contribution < -0.4 is 5.32 Å². The molecule has 0 aromatic heterocycles. The Bertz CT molecular complexity index is 172. The summed E-state index contributed by atoms with van der Waals surface area (Å²) in [5, 5.41) is 2.97. The first-order valence-corrected chi connectivity index (χ1v) is 4.02. The summed E-state index contributed by atoms with van der Waals surface area (Å²) in [4.78, 5) is 11.0. The molecule has 1 aliphatic heterocycles. The lowest BCUT2D eigenvalue weighted by molar-refractivity contribution is -0.120. The van der Waals surface area contributed by atoms with Crippen LogP contribution in [0.25, 0.3) is 0 Å². The van der Waals surface area contributed by atoms with Crippen molar-refractivity contribution >= 4 is 5.91 Å². The zero-order chi connectivity index (χ0) is 7.19. The van der Waals surface area contributed by atoms with Crippen molar-refractivity contribution < 1.29 is 4.79 Å². The van der Waals surface area contributed by atoms with Gasteiger partial charge in [-0.3, -0.25) is 4.79 Å². The van der Waals surface area contributed by atoms with Crippen LogP contribution in [-0.2, 0) is 4.79 Å². The third-order valence-electron chi connectivity index (χ3n) is 3.16. The highest BCUT2D eigenvalue weighted by Gasteiger charge is 2.48. The average molecular weight is 139 g/mol. The van der Waals surface area contributed by atoms with Crippen LogP contribution in [0.5, 0.6) is 0 Å². The van der Waals surface area contributed by atoms with Gasteiger partial charge in [-0.1, -0.05) is 6.42 Å². The quantitative estimate of drug-likeness (QED) is 0.534. The van der Waals surface area contributed by atoms with Crippen molar-refractivity contribution in [1.82, 2.24) is 5.32 Å². The van der Waals surface area contributed by atoms with Gasteiger partial charge in [0.05, 0.1) is 0 Å². The molecule has 10 heavy (non-hydrogen) atoms. The van der Waals surface area contributed by atoms with E-state index < -0.39 is 0 Å². The highest BCUT2D eigenvalue weighted by Crippen LogP contribution is 2.49. The van der Waals surface area contributed by atoms with Crippen molar-refractivity contribution in [2.75, 3.05) is 0 Å². The Kier molecular flexibility index (Phi) is 1.08. The van der Waals surface area contributed by atoms with Gasteiger partial charge in [-0.15, -0.1) is 0 Å². The monoisotopic (exact) mass is 139 g/mol. The van der Waals surface area contributed by atoms with Gasteiger partial charge >= 0.3 is 0 Å². The van der Waals surface area contributed by atoms with Crippen molar-refractivity contribution in [3.05, 3.63) is 0 Å². The molecule has 1 aliphatic carbocycles. The van der Waals surface area contributed by atoms with Crippen LogP contribution in [0.2, 0.25) is 0 Å². The van der Waals surface area contributed by atoms with E-state index in [1.165, 1.54) is 19.3 Å². The molecule has 2 rings (SSSR count). The van der Waals surface area contributed by atoms with Crippen molar-refractivity contribution in [2.45, 2.75) is 38.6 Å². The van der Waals surface area contributed by atoms with Gasteiger partial charge in [0, 0.05) is 12.5 Å². The maximum Gasteiger partial charge on any atom is 0.220 e. The first-order chi connectivity index (χ1) is 4.73. The molecule has 1 saturated carbocycles. The van der Waals surface area contributed by atoms with E-state index >= 15 is 0 Å². The highest BCUT2D eigenvalue weighted by atomic mass is 16.2. The molecule has 1 amide bonds. The van der Waals surface area contributed by atoms with Crippen molar-refractivity contribution in [1.29, 1.82) is 0 Å². The number of carbonyl (C=O) groups is 1. The fourth-order valence-electron chi connectivity index (χ4n) is 2.16. The standard InChI is InChI=1S/C8H13NO/c1-6-8(3-2-4-8)5-7(10)9-6/h6H,2-5H2,1H3,(H,9,10). The van der Waals surface area contributed by atoms with Gasteiger partial charge in [0.1, 0.15) is 0 Å². The molecular weight excluding hydrogens is 126 g/mol. The Balaban J connectivity index is 2.15. The molecule has 1 spiro atoms. The summed E-state index contributed by atoms with van der Waals surface area (Å²) in [6.45, 7) is 2.13. The summed E-state index contributed by atoms with van der Waals surface area (Å²) < 4.78 is 0. The van der Waals surface area contributed by atoms with Crippen LogP contribution in [0.15, 0.2) is 0 Å². The molecule has 1 heterocycles. The zero-order valence-electron chi connectivity index (χ0n) is 6.31. The molecule has 0 aromatic rings. The number of hydrogen-bond acceptors (Lipinski definition) is 1. The molecule has 2 fully saturated rings. The molecule has 0 bridgehead atoms. The second-order valence-electron chi connectivity index (χ2n) is 3.68. The predicted molar refractivity (Wildman–Crippen MR) is 38.5 cm³/mol. The Morgan fingerprint density at radius 3 is 2.50 bits per heavy atom. The third-order valence-corrected chi connectivity index (χ3v) is 3.16. The van der Waals surface area contributed by atoms with Crippen molar-refractivity contribution in [3.8, 4) is 0 Å². The Morgan fingerprint density at radius 1 is 1.60 bits per heavy atom. The summed E-state index contributed by atoms with van der Waals surface area (Å²) in [6, 6.07) is 0.439. The SMILES string of the molecule is CC1NC(=O)CC12CCC2. The van der Waals surface area contributed by atoms with Crippen LogP contribution in [0.3, 0.4) is 0 Å². The maximum atomic E-state index is 11.0. The van der Waals surface area contributed by atoms with Gasteiger partial charge in [0.2, 0.25) is 5.91 Å². The first-order valence-electron chi connectivity index (χ1n) is 4.02. The van der Waals surface area contributed by atoms with Gasteiger partial charge < -0.3 is 5.32 Å². The predicted octanol–water partition coefficient (Wildman–Crippen LogP) is 1.07. The van der Waals surface area contributed by atoms with Gasteiger partial charge in [-0.25, -0.2) is 0 Å². The Morgan fingerprint density at radius 2 is 2.30 bits per heavy atom. The molecule has 2 aliphatic rings. The second kappa shape index (κ2) is 1.74. The lowest BCUT2D eigenvalue weighted by atomic mass is 9.64. The topological polar surface area (TPSA) is 29.1 Å². The van der Waals surface area contributed by atoms with E-state index in [-0.39, 0.29) is 5.91 Å². The largest absolute Gasteiger partial charge is 0.353 e. The van der Waals surface area contributed by atoms with E-state index in [2.05, 4.69) is 12.2 Å². The minimum Gasteiger partial charge on any atom is -0.353 e. The summed E-state index contributed by atoms with van der Waals surface area (Å²) in [5.41, 5.74) is 0.386. The Hall–Kier alpha value is -0.530. The number of amides is 1. The van der Waals surface area contributed by atoms with E-state index in [9.17, 15) is 4.79 Å². The lowest BCUT2D eigenvalue weighted by Crippen LogP contribution is -2.39. The molecule has 1 unspecified atom stereocenters. The molecule has 0 radical (unpaired) electrons. The van der Waals surface area contributed by atoms with Crippen LogP contribution in [0.4, 0.5) is 0 Å². The maximum absolute atomic E-state index is 11.0. The highest BCUT2D eigenvalue weighted by molar-refractivity contribution is 5.80. The van der Waals surface area contributed by atoms with Crippen LogP contribution in [0, 0.1) is 5.41 Å². The molecule has 0 aromatic carbocycles. The normalized spacial score (nSPS) is 35.7. The number of carbonyl (C=O) groups excluding carboxylic acids is 1. The van der Waals surface area contributed by atoms with E-state index in [4.69, 9.17) is 0 Å². The molecule has 1 saturated heterocycles. The summed E-state index contributed by atoms with van der Waals surface area (Å²) >= 11 is 0. The number of nitrogens with one attached hydrogen (secondary N) is 1. The van der Waals surface area contributed by atoms with Crippen molar-refractivity contribution in [3.63, 3.8) is 0 Å². The number of hydrogen-bond donors (Lipinski definition) is 1. The first kappa shape index (κ1) is 6.20. The minimum atomic E-state index is 0.257. The molecule has 2 nitrogen and oxygen atoms in total. The Labute approximate surface area is 61.0 Å². The van der Waals surface area contributed by atoms with Crippen molar-refractivity contribution in [2.24, 2.45) is 5.41 Å². The molecule has 56 valence electrons. The molecule has 2 heteroatoms. The van der Waals surface area contributed by atoms with E-state index in [0.717, 1.165) is 6.42 Å². The number of rotatable bonds is 0. The molecular formula is C8H13NO. The van der Waals surface area contributed by atoms with E-state index in [0.29, 0.717) is 11.5 Å². The molecule has 1 N–H and O–H groups in total. The smallest absolute Gasteiger partial charge is 0.220 e. The fourth-order valence-corrected chi connectivity index (χ4v) is 2.16.